The van der Waals surface area contributed by atoms with Crippen LogP contribution in [0.2, 0.25) is 0 Å². The zero-order valence-corrected chi connectivity index (χ0v) is 23.7. The highest BCUT2D eigenvalue weighted by molar-refractivity contribution is 6.06. The van der Waals surface area contributed by atoms with Gasteiger partial charge in [-0.05, 0) is 44.4 Å². The third-order valence-electron chi connectivity index (χ3n) is 5.19. The number of aliphatic hydroxyl groups is 1. The molecule has 1 aromatic heterocycles. The van der Waals surface area contributed by atoms with Crippen molar-refractivity contribution in [1.29, 1.82) is 0 Å². The fraction of sp³-hybridized carbons (Fsp3) is 0.438. The minimum atomic E-state index is -0.241. The van der Waals surface area contributed by atoms with Crippen LogP contribution in [0.25, 0.3) is 21.8 Å². The lowest BCUT2D eigenvalue weighted by molar-refractivity contribution is 0.154. The van der Waals surface area contributed by atoms with Gasteiger partial charge in [0, 0.05) is 33.9 Å². The van der Waals surface area contributed by atoms with Crippen LogP contribution in [0.5, 0.6) is 0 Å². The van der Waals surface area contributed by atoms with Crippen LogP contribution in [0.15, 0.2) is 78.9 Å². The molecule has 0 spiro atoms. The lowest BCUT2D eigenvalue weighted by Gasteiger charge is -2.27. The summed E-state index contributed by atoms with van der Waals surface area (Å²) in [5.74, 6) is 0. The maximum atomic E-state index is 9.52. The van der Waals surface area contributed by atoms with Crippen molar-refractivity contribution in [1.82, 2.24) is 10.3 Å². The van der Waals surface area contributed by atoms with Crippen molar-refractivity contribution >= 4 is 21.8 Å². The molecule has 0 radical (unpaired) electrons. The normalized spacial score (nSPS) is 10.9. The summed E-state index contributed by atoms with van der Waals surface area (Å²) in [5, 5.41) is 15.5. The number of aliphatic hydroxyl groups excluding tert-OH is 1. The minimum absolute atomic E-state index is 0.0253. The molecule has 3 aromatic carbocycles. The zero-order chi connectivity index (χ0) is 26.7. The minimum Gasteiger partial charge on any atom is -0.392 e. The Bertz CT molecular complexity index is 971. The SMILES string of the molecule is CC.CC.CC.CC[C@@H](O)CNC(C)(C)Cc1ccccc1.c1ccc2c(c1)[nH]c1ccccc12. The first-order chi connectivity index (χ1) is 17.0. The Balaban J connectivity index is 0.000000549. The Morgan fingerprint density at radius 2 is 1.14 bits per heavy atom. The molecule has 3 heteroatoms. The third-order valence-corrected chi connectivity index (χ3v) is 5.19. The molecule has 0 saturated carbocycles. The Morgan fingerprint density at radius 3 is 1.60 bits per heavy atom. The van der Waals surface area contributed by atoms with Crippen LogP contribution in [0.3, 0.4) is 0 Å². The van der Waals surface area contributed by atoms with E-state index in [0.717, 1.165) is 12.8 Å². The maximum Gasteiger partial charge on any atom is 0.0662 e. The second kappa shape index (κ2) is 18.7. The number of fused-ring (bicyclic) bond motifs is 3. The summed E-state index contributed by atoms with van der Waals surface area (Å²) < 4.78 is 0. The molecule has 1 heterocycles. The van der Waals surface area contributed by atoms with E-state index in [9.17, 15) is 5.11 Å². The molecule has 0 bridgehead atoms. The first-order valence-electron chi connectivity index (χ1n) is 13.4. The van der Waals surface area contributed by atoms with Crippen molar-refractivity contribution in [2.45, 2.75) is 86.8 Å². The number of para-hydroxylation sites is 2. The van der Waals surface area contributed by atoms with Gasteiger partial charge in [0.2, 0.25) is 0 Å². The summed E-state index contributed by atoms with van der Waals surface area (Å²) >= 11 is 0. The van der Waals surface area contributed by atoms with E-state index in [1.165, 1.54) is 27.4 Å². The van der Waals surface area contributed by atoms with Crippen molar-refractivity contribution in [3.8, 4) is 0 Å². The summed E-state index contributed by atoms with van der Waals surface area (Å²) in [6.07, 6.45) is 1.54. The number of nitrogens with one attached hydrogen (secondary N) is 2. The Morgan fingerprint density at radius 1 is 0.714 bits per heavy atom. The molecule has 4 rings (SSSR count). The van der Waals surface area contributed by atoms with Crippen molar-refractivity contribution < 1.29 is 5.11 Å². The van der Waals surface area contributed by atoms with E-state index in [0.29, 0.717) is 6.54 Å². The van der Waals surface area contributed by atoms with E-state index < -0.39 is 0 Å². The Hall–Kier alpha value is -2.62. The first kappa shape index (κ1) is 32.4. The monoisotopic (exact) mass is 478 g/mol. The van der Waals surface area contributed by atoms with Gasteiger partial charge in [-0.2, -0.15) is 0 Å². The topological polar surface area (TPSA) is 48.0 Å². The van der Waals surface area contributed by atoms with Crippen molar-refractivity contribution in [2.24, 2.45) is 0 Å². The number of rotatable bonds is 6. The number of hydrogen-bond acceptors (Lipinski definition) is 2. The Labute approximate surface area is 215 Å². The van der Waals surface area contributed by atoms with Crippen molar-refractivity contribution in [3.05, 3.63) is 84.4 Å². The molecule has 35 heavy (non-hydrogen) atoms. The van der Waals surface area contributed by atoms with E-state index >= 15 is 0 Å². The van der Waals surface area contributed by atoms with Gasteiger partial charge < -0.3 is 15.4 Å². The van der Waals surface area contributed by atoms with Crippen LogP contribution in [0, 0.1) is 0 Å². The van der Waals surface area contributed by atoms with E-state index in [1.54, 1.807) is 0 Å². The number of hydrogen-bond donors (Lipinski definition) is 3. The summed E-state index contributed by atoms with van der Waals surface area (Å²) in [4.78, 5) is 3.38. The summed E-state index contributed by atoms with van der Waals surface area (Å²) in [5.41, 5.74) is 3.77. The number of aromatic nitrogens is 1. The lowest BCUT2D eigenvalue weighted by Crippen LogP contribution is -2.44. The quantitative estimate of drug-likeness (QED) is 0.259. The van der Waals surface area contributed by atoms with Gasteiger partial charge in [-0.3, -0.25) is 0 Å². The molecule has 0 aliphatic carbocycles. The molecule has 4 aromatic rings. The van der Waals surface area contributed by atoms with E-state index in [-0.39, 0.29) is 11.6 Å². The van der Waals surface area contributed by atoms with E-state index in [1.807, 2.05) is 54.5 Å². The lowest BCUT2D eigenvalue weighted by atomic mass is 9.94. The van der Waals surface area contributed by atoms with Crippen molar-refractivity contribution in [3.63, 3.8) is 0 Å². The zero-order valence-electron chi connectivity index (χ0n) is 23.7. The van der Waals surface area contributed by atoms with Crippen LogP contribution in [-0.4, -0.2) is 28.3 Å². The molecule has 3 N–H and O–H groups in total. The van der Waals surface area contributed by atoms with E-state index in [2.05, 4.69) is 96.9 Å². The molecular weight excluding hydrogens is 428 g/mol. The van der Waals surface area contributed by atoms with E-state index in [4.69, 9.17) is 0 Å². The van der Waals surface area contributed by atoms with Crippen molar-refractivity contribution in [2.75, 3.05) is 6.54 Å². The van der Waals surface area contributed by atoms with Crippen LogP contribution < -0.4 is 5.32 Å². The predicted octanol–water partition coefficient (Wildman–Crippen LogP) is 8.77. The van der Waals surface area contributed by atoms with Gasteiger partial charge in [-0.1, -0.05) is 115 Å². The van der Waals surface area contributed by atoms with Gasteiger partial charge in [-0.15, -0.1) is 0 Å². The molecule has 0 amide bonds. The highest BCUT2D eigenvalue weighted by Gasteiger charge is 2.18. The van der Waals surface area contributed by atoms with Gasteiger partial charge in [0.15, 0.2) is 0 Å². The molecule has 0 aliphatic rings. The van der Waals surface area contributed by atoms with Gasteiger partial charge in [0.05, 0.1) is 6.10 Å². The highest BCUT2D eigenvalue weighted by atomic mass is 16.3. The van der Waals surface area contributed by atoms with Gasteiger partial charge in [-0.25, -0.2) is 0 Å². The molecule has 194 valence electrons. The molecule has 0 unspecified atom stereocenters. The average Bonchev–Trinajstić information content (AvgIpc) is 3.30. The summed E-state index contributed by atoms with van der Waals surface area (Å²) in [6, 6.07) is 27.2. The van der Waals surface area contributed by atoms with Crippen LogP contribution in [-0.2, 0) is 6.42 Å². The highest BCUT2D eigenvalue weighted by Crippen LogP contribution is 2.24. The number of aromatic amines is 1. The molecule has 0 fully saturated rings. The second-order valence-corrected chi connectivity index (χ2v) is 8.21. The molecule has 3 nitrogen and oxygen atoms in total. The average molecular weight is 479 g/mol. The maximum absolute atomic E-state index is 9.52. The second-order valence-electron chi connectivity index (χ2n) is 8.21. The molecule has 0 aliphatic heterocycles. The van der Waals surface area contributed by atoms with Crippen LogP contribution in [0.4, 0.5) is 0 Å². The Kier molecular flexibility index (Phi) is 17.3. The number of β-amino-alcohol motifs (C(OH)–C–C–N with tert-alkyl or cyclic N) is 1. The molecule has 1 atom stereocenters. The standard InChI is InChI=1S/C14H23NO.C12H9N.3C2H6/c1-4-13(16)11-15-14(2,3)10-12-8-6-5-7-9-12;1-3-7-11-9(5-1)10-6-2-4-8-12(10)13-11;3*1-2/h5-9,13,15-16H,4,10-11H2,1-3H3;1-8,13H;3*1-2H3/t13-;;;;/m1..../s1. The van der Waals surface area contributed by atoms with Gasteiger partial charge >= 0.3 is 0 Å². The first-order valence-corrected chi connectivity index (χ1v) is 13.4. The fourth-order valence-corrected chi connectivity index (χ4v) is 3.51. The van der Waals surface area contributed by atoms with Crippen LogP contribution in [0.1, 0.15) is 74.3 Å². The fourth-order valence-electron chi connectivity index (χ4n) is 3.51. The molecule has 0 saturated heterocycles. The third kappa shape index (κ3) is 11.6. The smallest absolute Gasteiger partial charge is 0.0662 e. The largest absolute Gasteiger partial charge is 0.392 e. The van der Waals surface area contributed by atoms with Gasteiger partial charge in [0.1, 0.15) is 0 Å². The number of H-pyrrole nitrogens is 1. The number of benzene rings is 3. The van der Waals surface area contributed by atoms with Crippen LogP contribution >= 0.6 is 0 Å². The molecular formula is C32H50N2O. The summed E-state index contributed by atoms with van der Waals surface area (Å²) in [7, 11) is 0. The summed E-state index contributed by atoms with van der Waals surface area (Å²) in [6.45, 7) is 19.0. The van der Waals surface area contributed by atoms with Gasteiger partial charge in [0.25, 0.3) is 0 Å². The predicted molar refractivity (Wildman–Crippen MR) is 158 cm³/mol.